The monoisotopic (exact) mass is 345 g/mol. The average molecular weight is 345 g/mol. The molecule has 1 heterocycles. The summed E-state index contributed by atoms with van der Waals surface area (Å²) in [4.78, 5) is 1.31. The van der Waals surface area contributed by atoms with Crippen molar-refractivity contribution in [1.29, 1.82) is 0 Å². The first-order valence-electron chi connectivity index (χ1n) is 7.47. The summed E-state index contributed by atoms with van der Waals surface area (Å²) in [7, 11) is -3.22. The summed E-state index contributed by atoms with van der Waals surface area (Å²) in [5, 5.41) is 10.3. The smallest absolute Gasteiger partial charge is 0.178 e. The number of phenolic OH excluding ortho intramolecular Hbond substituents is 1. The number of fused-ring (bicyclic) bond motifs is 1. The van der Waals surface area contributed by atoms with Crippen LogP contribution in [0.5, 0.6) is 5.75 Å². The minimum atomic E-state index is -3.22. The van der Waals surface area contributed by atoms with E-state index >= 15 is 0 Å². The van der Waals surface area contributed by atoms with Gasteiger partial charge in [-0.05, 0) is 48.4 Å². The van der Waals surface area contributed by atoms with Crippen molar-refractivity contribution in [2.45, 2.75) is 24.7 Å². The number of thiophene rings is 1. The summed E-state index contributed by atoms with van der Waals surface area (Å²) in [5.74, 6) is 0.411. The van der Waals surface area contributed by atoms with Crippen molar-refractivity contribution in [2.24, 2.45) is 0 Å². The summed E-state index contributed by atoms with van der Waals surface area (Å²) < 4.78 is 25.5. The van der Waals surface area contributed by atoms with Crippen molar-refractivity contribution in [1.82, 2.24) is 0 Å². The number of phenols is 1. The lowest BCUT2D eigenvalue weighted by molar-refractivity contribution is 0.475. The molecule has 3 rings (SSSR count). The van der Waals surface area contributed by atoms with Crippen LogP contribution in [0.15, 0.2) is 47.4 Å². The Balaban J connectivity index is 1.99. The van der Waals surface area contributed by atoms with Crippen LogP contribution in [0.2, 0.25) is 0 Å². The fraction of sp³-hybridized carbons (Fsp3) is 0.222. The predicted octanol–water partition coefficient (Wildman–Crippen LogP) is 4.65. The van der Waals surface area contributed by atoms with Gasteiger partial charge in [0.25, 0.3) is 0 Å². The van der Waals surface area contributed by atoms with Crippen LogP contribution in [0.4, 0.5) is 0 Å². The van der Waals surface area contributed by atoms with E-state index in [9.17, 15) is 13.5 Å². The van der Waals surface area contributed by atoms with Gasteiger partial charge in [-0.25, -0.2) is 8.42 Å². The van der Waals surface area contributed by atoms with Crippen LogP contribution in [0, 0.1) is 6.07 Å². The van der Waals surface area contributed by atoms with E-state index in [-0.39, 0.29) is 11.5 Å². The number of aromatic hydroxyl groups is 1. The first kappa shape index (κ1) is 16.0. The van der Waals surface area contributed by atoms with Crippen molar-refractivity contribution in [3.8, 4) is 16.2 Å². The van der Waals surface area contributed by atoms with Crippen molar-refractivity contribution in [2.75, 3.05) is 5.75 Å². The van der Waals surface area contributed by atoms with Gasteiger partial charge >= 0.3 is 0 Å². The highest BCUT2D eigenvalue weighted by Crippen LogP contribution is 2.34. The van der Waals surface area contributed by atoms with E-state index in [2.05, 4.69) is 6.07 Å². The van der Waals surface area contributed by atoms with Gasteiger partial charge in [-0.2, -0.15) is 0 Å². The molecule has 23 heavy (non-hydrogen) atoms. The van der Waals surface area contributed by atoms with Gasteiger partial charge in [0.2, 0.25) is 0 Å². The lowest BCUT2D eigenvalue weighted by Gasteiger charge is -2.03. The molecule has 0 spiro atoms. The van der Waals surface area contributed by atoms with E-state index in [1.807, 2.05) is 25.1 Å². The highest BCUT2D eigenvalue weighted by atomic mass is 32.2. The zero-order valence-electron chi connectivity index (χ0n) is 12.7. The summed E-state index contributed by atoms with van der Waals surface area (Å²) in [6, 6.07) is 15.4. The number of unbranched alkanes of at least 4 members (excludes halogenated alkanes) is 1. The number of benzene rings is 2. The molecule has 0 saturated heterocycles. The van der Waals surface area contributed by atoms with E-state index in [1.54, 1.807) is 24.3 Å². The molecule has 0 aliphatic rings. The minimum absolute atomic E-state index is 0.189. The van der Waals surface area contributed by atoms with Crippen molar-refractivity contribution in [3.05, 3.63) is 48.5 Å². The molecule has 0 atom stereocenters. The Morgan fingerprint density at radius 2 is 1.87 bits per heavy atom. The summed E-state index contributed by atoms with van der Waals surface area (Å²) in [6.07, 6.45) is 1.54. The van der Waals surface area contributed by atoms with Crippen LogP contribution in [-0.2, 0) is 9.84 Å². The van der Waals surface area contributed by atoms with Gasteiger partial charge < -0.3 is 5.11 Å². The topological polar surface area (TPSA) is 54.4 Å². The first-order valence-corrected chi connectivity index (χ1v) is 9.94. The maximum absolute atomic E-state index is 12.3. The second-order valence-corrected chi connectivity index (χ2v) is 8.59. The molecule has 1 radical (unpaired) electrons. The van der Waals surface area contributed by atoms with Crippen LogP contribution in [-0.4, -0.2) is 19.3 Å². The normalized spacial score (nSPS) is 11.9. The third kappa shape index (κ3) is 3.41. The highest BCUT2D eigenvalue weighted by Gasteiger charge is 2.15. The lowest BCUT2D eigenvalue weighted by Crippen LogP contribution is -2.06. The fourth-order valence-electron chi connectivity index (χ4n) is 2.34. The van der Waals surface area contributed by atoms with Gasteiger partial charge in [0.15, 0.2) is 9.84 Å². The van der Waals surface area contributed by atoms with Gasteiger partial charge in [-0.3, -0.25) is 0 Å². The van der Waals surface area contributed by atoms with Crippen LogP contribution in [0.25, 0.3) is 20.5 Å². The average Bonchev–Trinajstić information content (AvgIpc) is 2.96. The summed E-state index contributed by atoms with van der Waals surface area (Å²) in [5.41, 5.74) is 0.958. The second-order valence-electron chi connectivity index (χ2n) is 5.43. The van der Waals surface area contributed by atoms with E-state index in [1.165, 1.54) is 11.3 Å². The van der Waals surface area contributed by atoms with Crippen LogP contribution in [0.3, 0.4) is 0 Å². The molecule has 0 aliphatic heterocycles. The third-order valence-corrected chi connectivity index (χ3v) is 6.57. The largest absolute Gasteiger partial charge is 0.508 e. The Morgan fingerprint density at radius 3 is 2.57 bits per heavy atom. The van der Waals surface area contributed by atoms with E-state index in [0.717, 1.165) is 26.9 Å². The lowest BCUT2D eigenvalue weighted by atomic mass is 10.1. The Bertz CT molecular complexity index is 923. The summed E-state index contributed by atoms with van der Waals surface area (Å²) >= 11 is 1.51. The minimum Gasteiger partial charge on any atom is -0.508 e. The van der Waals surface area contributed by atoms with E-state index in [4.69, 9.17) is 0 Å². The third-order valence-electron chi connectivity index (χ3n) is 3.67. The zero-order valence-corrected chi connectivity index (χ0v) is 14.4. The molecule has 3 nitrogen and oxygen atoms in total. The van der Waals surface area contributed by atoms with Crippen molar-refractivity contribution in [3.63, 3.8) is 0 Å². The Labute approximate surface area is 140 Å². The van der Waals surface area contributed by atoms with Gasteiger partial charge in [-0.1, -0.05) is 19.4 Å². The van der Waals surface area contributed by atoms with Gasteiger partial charge in [0.1, 0.15) is 5.75 Å². The molecule has 0 aliphatic carbocycles. The first-order chi connectivity index (χ1) is 11.0. The zero-order chi connectivity index (χ0) is 16.4. The van der Waals surface area contributed by atoms with Crippen LogP contribution >= 0.6 is 11.3 Å². The number of hydrogen-bond donors (Lipinski definition) is 1. The molecule has 2 aromatic carbocycles. The maximum Gasteiger partial charge on any atom is 0.178 e. The van der Waals surface area contributed by atoms with Crippen LogP contribution in [0.1, 0.15) is 19.8 Å². The maximum atomic E-state index is 12.3. The fourth-order valence-corrected chi connectivity index (χ4v) is 4.94. The molecule has 119 valence electrons. The molecule has 0 bridgehead atoms. The molecular weight excluding hydrogens is 328 g/mol. The highest BCUT2D eigenvalue weighted by molar-refractivity contribution is 7.91. The number of hydrogen-bond acceptors (Lipinski definition) is 4. The van der Waals surface area contributed by atoms with E-state index < -0.39 is 9.84 Å². The van der Waals surface area contributed by atoms with Gasteiger partial charge in [0, 0.05) is 21.0 Å². The molecule has 0 fully saturated rings. The van der Waals surface area contributed by atoms with Crippen molar-refractivity contribution < 1.29 is 13.5 Å². The standard InChI is InChI=1S/C18H17O3S2/c1-2-3-10-23(20,21)16-9-6-14-11-17(22-18(14)12-16)13-4-7-15(19)8-5-13/h4-9,12,19H,2-3,10H2,1H3. The molecular formula is C18H17O3S2. The Kier molecular flexibility index (Phi) is 4.41. The molecule has 1 aromatic heterocycles. The molecule has 0 amide bonds. The molecule has 5 heteroatoms. The quantitative estimate of drug-likeness (QED) is 0.732. The molecule has 0 unspecified atom stereocenters. The Morgan fingerprint density at radius 1 is 1.13 bits per heavy atom. The number of rotatable bonds is 5. The molecule has 0 saturated carbocycles. The number of sulfone groups is 1. The van der Waals surface area contributed by atoms with E-state index in [0.29, 0.717) is 11.3 Å². The molecule has 3 aromatic rings. The SMILES string of the molecule is CCCCS(=O)(=O)c1ccc2[c]c(-c3ccc(O)cc3)sc2c1. The van der Waals surface area contributed by atoms with Crippen molar-refractivity contribution >= 4 is 31.3 Å². The Hall–Kier alpha value is -1.85. The van der Waals surface area contributed by atoms with Gasteiger partial charge in [0.05, 0.1) is 10.6 Å². The molecule has 1 N–H and O–H groups in total. The van der Waals surface area contributed by atoms with Crippen LogP contribution < -0.4 is 0 Å². The second kappa shape index (κ2) is 6.34. The predicted molar refractivity (Wildman–Crippen MR) is 94.7 cm³/mol. The van der Waals surface area contributed by atoms with Gasteiger partial charge in [-0.15, -0.1) is 11.3 Å². The summed E-state index contributed by atoms with van der Waals surface area (Å²) in [6.45, 7) is 1.98.